The molecule has 0 aliphatic heterocycles. The van der Waals surface area contributed by atoms with Crippen molar-refractivity contribution in [2.75, 3.05) is 7.05 Å². The monoisotopic (exact) mass is 228 g/mol. The molecule has 0 spiro atoms. The third kappa shape index (κ3) is 3.93. The maximum Gasteiger partial charge on any atom is 0.0345 e. The van der Waals surface area contributed by atoms with Gasteiger partial charge in [-0.05, 0) is 11.1 Å². The zero-order valence-corrected chi connectivity index (χ0v) is 10.8. The number of nitrogens with zero attached hydrogens (tertiary/aromatic N) is 1. The first-order valence-corrected chi connectivity index (χ1v) is 5.74. The van der Waals surface area contributed by atoms with Gasteiger partial charge in [0.2, 0.25) is 0 Å². The highest BCUT2D eigenvalue weighted by molar-refractivity contribution is 5.69. The van der Waals surface area contributed by atoms with Crippen LogP contribution in [0.2, 0.25) is 0 Å². The lowest BCUT2D eigenvalue weighted by Crippen LogP contribution is -2.19. The highest BCUT2D eigenvalue weighted by atomic mass is 15.3. The van der Waals surface area contributed by atoms with Gasteiger partial charge in [0.05, 0.1) is 0 Å². The van der Waals surface area contributed by atoms with E-state index in [9.17, 15) is 0 Å². The molecule has 0 aromatic heterocycles. The van der Waals surface area contributed by atoms with Crippen LogP contribution in [0.1, 0.15) is 19.4 Å². The quantitative estimate of drug-likeness (QED) is 0.467. The van der Waals surface area contributed by atoms with E-state index in [0.29, 0.717) is 0 Å². The fourth-order valence-electron chi connectivity index (χ4n) is 1.62. The summed E-state index contributed by atoms with van der Waals surface area (Å²) in [5.74, 6) is 0. The van der Waals surface area contributed by atoms with Crippen LogP contribution < -0.4 is 5.43 Å². The minimum atomic E-state index is -0.138. The van der Waals surface area contributed by atoms with Crippen molar-refractivity contribution >= 4 is 6.21 Å². The zero-order valence-electron chi connectivity index (χ0n) is 10.8. The van der Waals surface area contributed by atoms with Crippen molar-refractivity contribution in [3.63, 3.8) is 0 Å². The summed E-state index contributed by atoms with van der Waals surface area (Å²) in [6.07, 6.45) is 2.75. The first-order chi connectivity index (χ1) is 8.10. The summed E-state index contributed by atoms with van der Waals surface area (Å²) in [6, 6.07) is 10.3. The molecule has 0 atom stereocenters. The van der Waals surface area contributed by atoms with E-state index in [4.69, 9.17) is 0 Å². The minimum absolute atomic E-state index is 0.138. The number of hydrazone groups is 1. The third-order valence-corrected chi connectivity index (χ3v) is 2.73. The molecule has 2 heteroatoms. The minimum Gasteiger partial charge on any atom is -0.313 e. The van der Waals surface area contributed by atoms with E-state index in [1.165, 1.54) is 5.56 Å². The summed E-state index contributed by atoms with van der Waals surface area (Å²) in [7, 11) is 1.79. The lowest BCUT2D eigenvalue weighted by Gasteiger charge is -2.21. The summed E-state index contributed by atoms with van der Waals surface area (Å²) < 4.78 is 0. The standard InChI is InChI=1S/C15H20N2/c1-5-14(15(2,3)12-17-16-4)11-13-9-7-6-8-10-13/h6-10,12,16H,1,11H2,2-4H3. The molecule has 0 heterocycles. The molecule has 0 bridgehead atoms. The largest absolute Gasteiger partial charge is 0.313 e. The maximum absolute atomic E-state index is 4.09. The van der Waals surface area contributed by atoms with Crippen LogP contribution in [0.15, 0.2) is 53.3 Å². The summed E-state index contributed by atoms with van der Waals surface area (Å²) in [5, 5.41) is 4.09. The topological polar surface area (TPSA) is 24.4 Å². The van der Waals surface area contributed by atoms with E-state index >= 15 is 0 Å². The molecule has 90 valence electrons. The Labute approximate surface area is 104 Å². The van der Waals surface area contributed by atoms with Crippen LogP contribution in [0.25, 0.3) is 0 Å². The van der Waals surface area contributed by atoms with Crippen LogP contribution in [0.5, 0.6) is 0 Å². The van der Waals surface area contributed by atoms with Gasteiger partial charge in [-0.3, -0.25) is 0 Å². The Balaban J connectivity index is 2.87. The van der Waals surface area contributed by atoms with Crippen LogP contribution in [-0.4, -0.2) is 13.3 Å². The van der Waals surface area contributed by atoms with Crippen LogP contribution in [-0.2, 0) is 6.42 Å². The molecule has 1 aromatic rings. The molecule has 0 fully saturated rings. The van der Waals surface area contributed by atoms with E-state index in [0.717, 1.165) is 12.0 Å². The van der Waals surface area contributed by atoms with Gasteiger partial charge in [-0.25, -0.2) is 0 Å². The molecule has 0 unspecified atom stereocenters. The van der Waals surface area contributed by atoms with Crippen molar-refractivity contribution in [1.29, 1.82) is 0 Å². The molecule has 1 rings (SSSR count). The van der Waals surface area contributed by atoms with Gasteiger partial charge in [-0.15, -0.1) is 5.73 Å². The van der Waals surface area contributed by atoms with E-state index < -0.39 is 0 Å². The predicted octanol–water partition coefficient (Wildman–Crippen LogP) is 3.17. The van der Waals surface area contributed by atoms with Crippen LogP contribution in [0.3, 0.4) is 0 Å². The molecular weight excluding hydrogens is 208 g/mol. The molecule has 0 aliphatic rings. The summed E-state index contributed by atoms with van der Waals surface area (Å²) in [5.41, 5.74) is 8.09. The molecule has 0 saturated heterocycles. The van der Waals surface area contributed by atoms with E-state index in [1.807, 2.05) is 24.4 Å². The zero-order chi connectivity index (χ0) is 12.7. The number of allylic oxidation sites excluding steroid dienone is 1. The second-order valence-electron chi connectivity index (χ2n) is 4.52. The Hall–Kier alpha value is -1.79. The van der Waals surface area contributed by atoms with Crippen molar-refractivity contribution in [2.45, 2.75) is 20.3 Å². The Bertz CT molecular complexity index is 423. The van der Waals surface area contributed by atoms with Crippen molar-refractivity contribution in [2.24, 2.45) is 10.5 Å². The molecule has 1 aromatic carbocycles. The van der Waals surface area contributed by atoms with Gasteiger partial charge in [0.15, 0.2) is 0 Å². The van der Waals surface area contributed by atoms with Crippen molar-refractivity contribution in [3.8, 4) is 0 Å². The van der Waals surface area contributed by atoms with Gasteiger partial charge in [0, 0.05) is 25.1 Å². The van der Waals surface area contributed by atoms with Gasteiger partial charge in [-0.1, -0.05) is 50.8 Å². The Morgan fingerprint density at radius 1 is 1.41 bits per heavy atom. The van der Waals surface area contributed by atoms with E-state index in [2.05, 4.69) is 48.8 Å². The molecule has 0 amide bonds. The highest BCUT2D eigenvalue weighted by Crippen LogP contribution is 2.26. The van der Waals surface area contributed by atoms with Crippen LogP contribution in [0.4, 0.5) is 0 Å². The van der Waals surface area contributed by atoms with E-state index in [-0.39, 0.29) is 5.41 Å². The highest BCUT2D eigenvalue weighted by Gasteiger charge is 2.21. The fraction of sp³-hybridized carbons (Fsp3) is 0.333. The SMILES string of the molecule is C=C=C(Cc1ccccc1)C(C)(C)C=NNC. The van der Waals surface area contributed by atoms with Crippen molar-refractivity contribution in [1.82, 2.24) is 5.43 Å². The molecule has 0 aliphatic carbocycles. The van der Waals surface area contributed by atoms with E-state index in [1.54, 1.807) is 7.05 Å². The second-order valence-corrected chi connectivity index (χ2v) is 4.52. The van der Waals surface area contributed by atoms with Crippen LogP contribution in [0, 0.1) is 5.41 Å². The first-order valence-electron chi connectivity index (χ1n) is 5.74. The third-order valence-electron chi connectivity index (χ3n) is 2.73. The normalized spacial score (nSPS) is 11.2. The predicted molar refractivity (Wildman–Crippen MR) is 74.1 cm³/mol. The molecule has 0 radical (unpaired) electrons. The Kier molecular flexibility index (Phi) is 4.74. The summed E-state index contributed by atoms with van der Waals surface area (Å²) in [4.78, 5) is 0. The number of nitrogens with one attached hydrogen (secondary N) is 1. The molecule has 17 heavy (non-hydrogen) atoms. The van der Waals surface area contributed by atoms with Gasteiger partial charge >= 0.3 is 0 Å². The molecular formula is C15H20N2. The lowest BCUT2D eigenvalue weighted by molar-refractivity contribution is 0.618. The Morgan fingerprint density at radius 2 is 2.06 bits per heavy atom. The number of benzene rings is 1. The Morgan fingerprint density at radius 3 is 2.59 bits per heavy atom. The number of hydrogen-bond donors (Lipinski definition) is 1. The maximum atomic E-state index is 4.09. The van der Waals surface area contributed by atoms with Crippen molar-refractivity contribution in [3.05, 3.63) is 53.8 Å². The molecule has 2 nitrogen and oxygen atoms in total. The average molecular weight is 228 g/mol. The first kappa shape index (κ1) is 13.3. The number of hydrogen-bond acceptors (Lipinski definition) is 2. The van der Waals surface area contributed by atoms with Gasteiger partial charge < -0.3 is 5.43 Å². The molecule has 1 N–H and O–H groups in total. The smallest absolute Gasteiger partial charge is 0.0345 e. The lowest BCUT2D eigenvalue weighted by atomic mass is 9.82. The van der Waals surface area contributed by atoms with Crippen molar-refractivity contribution < 1.29 is 0 Å². The summed E-state index contributed by atoms with van der Waals surface area (Å²) in [6.45, 7) is 8.02. The van der Waals surface area contributed by atoms with Gasteiger partial charge in [0.25, 0.3) is 0 Å². The fourth-order valence-corrected chi connectivity index (χ4v) is 1.62. The second kappa shape index (κ2) is 6.07. The average Bonchev–Trinajstić information content (AvgIpc) is 2.34. The van der Waals surface area contributed by atoms with Gasteiger partial charge in [0.1, 0.15) is 0 Å². The summed E-state index contributed by atoms with van der Waals surface area (Å²) >= 11 is 0. The van der Waals surface area contributed by atoms with Gasteiger partial charge in [-0.2, -0.15) is 5.10 Å². The van der Waals surface area contributed by atoms with Crippen LogP contribution >= 0.6 is 0 Å². The number of rotatable bonds is 5. The molecule has 0 saturated carbocycles.